The lowest BCUT2D eigenvalue weighted by molar-refractivity contribution is -0.117. The molecule has 0 N–H and O–H groups in total. The average Bonchev–Trinajstić information content (AvgIpc) is 3.03. The van der Waals surface area contributed by atoms with E-state index in [4.69, 9.17) is 4.74 Å². The maximum Gasteiger partial charge on any atom is 0.294 e. The molecule has 120 valence electrons. The van der Waals surface area contributed by atoms with Crippen molar-refractivity contribution < 1.29 is 9.53 Å². The lowest BCUT2D eigenvalue weighted by Gasteiger charge is -2.30. The number of anilines is 1. The van der Waals surface area contributed by atoms with E-state index in [9.17, 15) is 4.79 Å². The molecule has 2 heterocycles. The predicted molar refractivity (Wildman–Crippen MR) is 94.9 cm³/mol. The third kappa shape index (κ3) is 3.63. The standard InChI is InChI=1S/C18H20N2O2S/c1-19(2)10-6-11-20-15-8-3-4-9-16(15)22-17(18(20)21)13-14-7-5-12-23-14/h3-5,7-9,12-13H,6,10-11H2,1-2H3/b17-13-. The first kappa shape index (κ1) is 15.8. The maximum atomic E-state index is 12.8. The Bertz CT molecular complexity index is 708. The minimum atomic E-state index is -0.0733. The van der Waals surface area contributed by atoms with Crippen LogP contribution in [-0.2, 0) is 4.79 Å². The van der Waals surface area contributed by atoms with Crippen LogP contribution in [0.5, 0.6) is 5.75 Å². The number of nitrogens with zero attached hydrogens (tertiary/aromatic N) is 2. The molecule has 3 rings (SSSR count). The Hall–Kier alpha value is -2.11. The Morgan fingerprint density at radius 3 is 2.78 bits per heavy atom. The minimum absolute atomic E-state index is 0.0733. The Labute approximate surface area is 140 Å². The third-order valence-electron chi connectivity index (χ3n) is 3.64. The van der Waals surface area contributed by atoms with E-state index in [1.54, 1.807) is 11.3 Å². The number of rotatable bonds is 5. The smallest absolute Gasteiger partial charge is 0.294 e. The summed E-state index contributed by atoms with van der Waals surface area (Å²) >= 11 is 1.59. The summed E-state index contributed by atoms with van der Waals surface area (Å²) in [6, 6.07) is 11.6. The van der Waals surface area contributed by atoms with Gasteiger partial charge >= 0.3 is 0 Å². The van der Waals surface area contributed by atoms with Gasteiger partial charge in [0.2, 0.25) is 0 Å². The van der Waals surface area contributed by atoms with Gasteiger partial charge in [-0.2, -0.15) is 0 Å². The molecule has 0 radical (unpaired) electrons. The molecular formula is C18H20N2O2S. The van der Waals surface area contributed by atoms with Gasteiger partial charge in [0.05, 0.1) is 5.69 Å². The van der Waals surface area contributed by atoms with Gasteiger partial charge in [0.25, 0.3) is 5.91 Å². The van der Waals surface area contributed by atoms with E-state index >= 15 is 0 Å². The van der Waals surface area contributed by atoms with E-state index in [-0.39, 0.29) is 5.91 Å². The first-order valence-corrected chi connectivity index (χ1v) is 8.52. The van der Waals surface area contributed by atoms with Gasteiger partial charge in [0.15, 0.2) is 11.5 Å². The molecule has 23 heavy (non-hydrogen) atoms. The van der Waals surface area contributed by atoms with Gasteiger partial charge in [-0.3, -0.25) is 4.79 Å². The summed E-state index contributed by atoms with van der Waals surface area (Å²) in [6.07, 6.45) is 2.74. The molecule has 5 heteroatoms. The number of fused-ring (bicyclic) bond motifs is 1. The van der Waals surface area contributed by atoms with Crippen molar-refractivity contribution in [1.82, 2.24) is 4.90 Å². The highest BCUT2D eigenvalue weighted by molar-refractivity contribution is 7.10. The van der Waals surface area contributed by atoms with Crippen molar-refractivity contribution in [2.24, 2.45) is 0 Å². The van der Waals surface area contributed by atoms with Gasteiger partial charge in [-0.05, 0) is 50.6 Å². The molecule has 1 aromatic carbocycles. The molecular weight excluding hydrogens is 308 g/mol. The molecule has 1 aromatic heterocycles. The summed E-state index contributed by atoms with van der Waals surface area (Å²) in [5.74, 6) is 1.05. The van der Waals surface area contributed by atoms with E-state index in [0.29, 0.717) is 12.3 Å². The van der Waals surface area contributed by atoms with Crippen LogP contribution in [0.25, 0.3) is 6.08 Å². The summed E-state index contributed by atoms with van der Waals surface area (Å²) in [4.78, 5) is 17.8. The quantitative estimate of drug-likeness (QED) is 0.788. The van der Waals surface area contributed by atoms with Crippen molar-refractivity contribution in [3.05, 3.63) is 52.4 Å². The number of benzene rings is 1. The SMILES string of the molecule is CN(C)CCCN1C(=O)/C(=C/c2cccs2)Oc2ccccc21. The molecule has 1 amide bonds. The molecule has 4 nitrogen and oxygen atoms in total. The molecule has 1 aliphatic heterocycles. The molecule has 0 spiro atoms. The summed E-state index contributed by atoms with van der Waals surface area (Å²) in [5.41, 5.74) is 0.847. The summed E-state index contributed by atoms with van der Waals surface area (Å²) < 4.78 is 5.84. The Morgan fingerprint density at radius 1 is 1.22 bits per heavy atom. The van der Waals surface area contributed by atoms with Gasteiger partial charge in [0, 0.05) is 17.5 Å². The van der Waals surface area contributed by atoms with E-state index in [0.717, 1.165) is 29.3 Å². The van der Waals surface area contributed by atoms with Crippen LogP contribution in [0.15, 0.2) is 47.5 Å². The Morgan fingerprint density at radius 2 is 2.04 bits per heavy atom. The molecule has 0 fully saturated rings. The molecule has 1 aliphatic rings. The normalized spacial score (nSPS) is 15.9. The predicted octanol–water partition coefficient (Wildman–Crippen LogP) is 3.47. The summed E-state index contributed by atoms with van der Waals surface area (Å²) in [5, 5.41) is 1.99. The van der Waals surface area contributed by atoms with Crippen LogP contribution in [0.1, 0.15) is 11.3 Å². The average molecular weight is 328 g/mol. The number of carbonyl (C=O) groups is 1. The van der Waals surface area contributed by atoms with Gasteiger partial charge < -0.3 is 14.5 Å². The molecule has 0 saturated heterocycles. The van der Waals surface area contributed by atoms with Gasteiger partial charge in [-0.25, -0.2) is 0 Å². The van der Waals surface area contributed by atoms with Crippen molar-refractivity contribution in [1.29, 1.82) is 0 Å². The van der Waals surface area contributed by atoms with Crippen molar-refractivity contribution >= 4 is 29.0 Å². The summed E-state index contributed by atoms with van der Waals surface area (Å²) in [7, 11) is 4.08. The minimum Gasteiger partial charge on any atom is -0.449 e. The van der Waals surface area contributed by atoms with Crippen LogP contribution in [0, 0.1) is 0 Å². The van der Waals surface area contributed by atoms with E-state index in [1.807, 2.05) is 66.8 Å². The number of thiophene rings is 1. The molecule has 0 aliphatic carbocycles. The first-order chi connectivity index (χ1) is 11.1. The molecule has 2 aromatic rings. The van der Waals surface area contributed by atoms with Gasteiger partial charge in [0.1, 0.15) is 0 Å². The lowest BCUT2D eigenvalue weighted by atomic mass is 10.2. The number of ether oxygens (including phenoxy) is 1. The number of amides is 1. The van der Waals surface area contributed by atoms with Crippen molar-refractivity contribution in [3.8, 4) is 5.75 Å². The Balaban J connectivity index is 1.88. The highest BCUT2D eigenvalue weighted by atomic mass is 32.1. The van der Waals surface area contributed by atoms with Crippen molar-refractivity contribution in [3.63, 3.8) is 0 Å². The number of carbonyl (C=O) groups excluding carboxylic acids is 1. The molecule has 0 unspecified atom stereocenters. The molecule has 0 saturated carbocycles. The highest BCUT2D eigenvalue weighted by Gasteiger charge is 2.29. The second kappa shape index (κ2) is 6.98. The van der Waals surface area contributed by atoms with E-state index < -0.39 is 0 Å². The molecule has 0 atom stereocenters. The van der Waals surface area contributed by atoms with Crippen LogP contribution in [0.4, 0.5) is 5.69 Å². The maximum absolute atomic E-state index is 12.8. The fourth-order valence-corrected chi connectivity index (χ4v) is 3.18. The lowest BCUT2D eigenvalue weighted by Crippen LogP contribution is -2.38. The van der Waals surface area contributed by atoms with Crippen LogP contribution in [-0.4, -0.2) is 38.0 Å². The topological polar surface area (TPSA) is 32.8 Å². The van der Waals surface area contributed by atoms with E-state index in [2.05, 4.69) is 4.90 Å². The first-order valence-electron chi connectivity index (χ1n) is 7.64. The largest absolute Gasteiger partial charge is 0.449 e. The second-order valence-corrected chi connectivity index (χ2v) is 6.69. The zero-order chi connectivity index (χ0) is 16.2. The van der Waals surface area contributed by atoms with Crippen molar-refractivity contribution in [2.75, 3.05) is 32.1 Å². The Kier molecular flexibility index (Phi) is 4.79. The number of para-hydroxylation sites is 2. The van der Waals surface area contributed by atoms with Gasteiger partial charge in [-0.15, -0.1) is 11.3 Å². The zero-order valence-corrected chi connectivity index (χ0v) is 14.2. The monoisotopic (exact) mass is 328 g/mol. The third-order valence-corrected chi connectivity index (χ3v) is 4.45. The molecule has 0 bridgehead atoms. The zero-order valence-electron chi connectivity index (χ0n) is 13.4. The number of hydrogen-bond acceptors (Lipinski definition) is 4. The second-order valence-electron chi connectivity index (χ2n) is 5.71. The fraction of sp³-hybridized carbons (Fsp3) is 0.278. The van der Waals surface area contributed by atoms with Crippen LogP contribution < -0.4 is 9.64 Å². The van der Waals surface area contributed by atoms with Crippen LogP contribution in [0.2, 0.25) is 0 Å². The fourth-order valence-electron chi connectivity index (χ4n) is 2.53. The highest BCUT2D eigenvalue weighted by Crippen LogP contribution is 2.35. The van der Waals surface area contributed by atoms with E-state index in [1.165, 1.54) is 0 Å². The van der Waals surface area contributed by atoms with Crippen LogP contribution in [0.3, 0.4) is 0 Å². The van der Waals surface area contributed by atoms with Gasteiger partial charge in [-0.1, -0.05) is 18.2 Å². The van der Waals surface area contributed by atoms with Crippen molar-refractivity contribution in [2.45, 2.75) is 6.42 Å². The summed E-state index contributed by atoms with van der Waals surface area (Å²) in [6.45, 7) is 1.62. The number of hydrogen-bond donors (Lipinski definition) is 0. The van der Waals surface area contributed by atoms with Crippen LogP contribution >= 0.6 is 11.3 Å².